The van der Waals surface area contributed by atoms with Crippen LogP contribution in [0, 0.1) is 0 Å². The second-order valence-corrected chi connectivity index (χ2v) is 9.00. The van der Waals surface area contributed by atoms with Gasteiger partial charge in [-0.15, -0.1) is 16.4 Å². The maximum Gasteiger partial charge on any atom is 0.214 e. The molecule has 0 radical (unpaired) electrons. The van der Waals surface area contributed by atoms with Crippen molar-refractivity contribution >= 4 is 28.7 Å². The summed E-state index contributed by atoms with van der Waals surface area (Å²) in [6.45, 7) is 7.02. The van der Waals surface area contributed by atoms with Crippen LogP contribution < -0.4 is 0 Å². The van der Waals surface area contributed by atoms with Gasteiger partial charge in [0.1, 0.15) is 0 Å². The Hall–Kier alpha value is -2.06. The first-order valence-electron chi connectivity index (χ1n) is 9.86. The van der Waals surface area contributed by atoms with E-state index in [1.165, 1.54) is 4.88 Å². The minimum Gasteiger partial charge on any atom is -0.301 e. The molecule has 2 aromatic heterocycles. The average molecular weight is 430 g/mol. The van der Waals surface area contributed by atoms with Crippen LogP contribution in [0.5, 0.6) is 0 Å². The predicted octanol–water partition coefficient (Wildman–Crippen LogP) is 3.43. The Morgan fingerprint density at radius 2 is 1.76 bits per heavy atom. The molecule has 1 aliphatic heterocycles. The zero-order chi connectivity index (χ0) is 20.1. The van der Waals surface area contributed by atoms with E-state index in [9.17, 15) is 4.79 Å². The van der Waals surface area contributed by atoms with E-state index < -0.39 is 0 Å². The summed E-state index contributed by atoms with van der Waals surface area (Å²) < 4.78 is 0.861. The molecule has 0 atom stereocenters. The van der Waals surface area contributed by atoms with Gasteiger partial charge in [0.05, 0.1) is 17.1 Å². The standard InChI is InChI=1S/C21H24ClN5OS/c22-20-8-7-18(29-20)16-26-13-11-25(12-14-26)9-4-10-27-23-15-19(24-27)21(28)17-5-2-1-3-6-17/h1-3,5-8,15H,4,9-14,16H2. The molecule has 0 spiro atoms. The van der Waals surface area contributed by atoms with Crippen LogP contribution in [0.1, 0.15) is 27.3 Å². The molecule has 8 heteroatoms. The summed E-state index contributed by atoms with van der Waals surface area (Å²) in [5.41, 5.74) is 1.04. The highest BCUT2D eigenvalue weighted by Gasteiger charge is 2.17. The summed E-state index contributed by atoms with van der Waals surface area (Å²) in [5.74, 6) is -0.0833. The fourth-order valence-corrected chi connectivity index (χ4v) is 4.64. The number of hydrogen-bond donors (Lipinski definition) is 0. The molecule has 0 unspecified atom stereocenters. The SMILES string of the molecule is O=C(c1ccccc1)c1cnn(CCCN2CCN(Cc3ccc(Cl)s3)CC2)n1. The number of piperazine rings is 1. The van der Waals surface area contributed by atoms with Crippen LogP contribution in [0.2, 0.25) is 4.34 Å². The fourth-order valence-electron chi connectivity index (χ4n) is 3.51. The number of carbonyl (C=O) groups is 1. The number of nitrogens with zero attached hydrogens (tertiary/aromatic N) is 5. The molecule has 0 amide bonds. The summed E-state index contributed by atoms with van der Waals surface area (Å²) in [7, 11) is 0. The quantitative estimate of drug-likeness (QED) is 0.513. The van der Waals surface area contributed by atoms with Crippen LogP contribution in [0.15, 0.2) is 48.7 Å². The zero-order valence-corrected chi connectivity index (χ0v) is 17.8. The normalized spacial score (nSPS) is 15.6. The van der Waals surface area contributed by atoms with Crippen LogP contribution in [-0.2, 0) is 13.1 Å². The van der Waals surface area contributed by atoms with Gasteiger partial charge in [0, 0.05) is 49.7 Å². The molecule has 3 aromatic rings. The third-order valence-electron chi connectivity index (χ3n) is 5.11. The van der Waals surface area contributed by atoms with E-state index in [0.29, 0.717) is 11.3 Å². The van der Waals surface area contributed by atoms with Crippen LogP contribution in [0.4, 0.5) is 0 Å². The Morgan fingerprint density at radius 1 is 1.00 bits per heavy atom. The van der Waals surface area contributed by atoms with Crippen molar-refractivity contribution in [2.45, 2.75) is 19.5 Å². The van der Waals surface area contributed by atoms with Gasteiger partial charge in [0.25, 0.3) is 0 Å². The first-order chi connectivity index (χ1) is 14.2. The Kier molecular flexibility index (Phi) is 6.71. The van der Waals surface area contributed by atoms with Gasteiger partial charge >= 0.3 is 0 Å². The van der Waals surface area contributed by atoms with E-state index >= 15 is 0 Å². The van der Waals surface area contributed by atoms with Crippen molar-refractivity contribution in [2.75, 3.05) is 32.7 Å². The highest BCUT2D eigenvalue weighted by molar-refractivity contribution is 7.16. The van der Waals surface area contributed by atoms with Crippen molar-refractivity contribution in [1.82, 2.24) is 24.8 Å². The van der Waals surface area contributed by atoms with E-state index in [1.54, 1.807) is 34.5 Å². The largest absolute Gasteiger partial charge is 0.301 e. The van der Waals surface area contributed by atoms with E-state index in [4.69, 9.17) is 11.6 Å². The monoisotopic (exact) mass is 429 g/mol. The molecule has 0 aliphatic carbocycles. The molecule has 0 bridgehead atoms. The zero-order valence-electron chi connectivity index (χ0n) is 16.2. The molecule has 4 rings (SSSR count). The predicted molar refractivity (Wildman–Crippen MR) is 116 cm³/mol. The third-order valence-corrected chi connectivity index (χ3v) is 6.33. The third kappa shape index (κ3) is 5.51. The van der Waals surface area contributed by atoms with Gasteiger partial charge in [0.2, 0.25) is 5.78 Å². The van der Waals surface area contributed by atoms with E-state index in [0.717, 1.165) is 56.6 Å². The summed E-state index contributed by atoms with van der Waals surface area (Å²) in [5, 5.41) is 8.60. The number of aryl methyl sites for hydroxylation is 1. The van der Waals surface area contributed by atoms with Crippen molar-refractivity contribution in [3.8, 4) is 0 Å². The van der Waals surface area contributed by atoms with Crippen LogP contribution in [0.3, 0.4) is 0 Å². The fraction of sp³-hybridized carbons (Fsp3) is 0.381. The Morgan fingerprint density at radius 3 is 2.48 bits per heavy atom. The minimum absolute atomic E-state index is 0.0833. The first kappa shape index (κ1) is 20.2. The van der Waals surface area contributed by atoms with Gasteiger partial charge in [0.15, 0.2) is 5.69 Å². The number of ketones is 1. The lowest BCUT2D eigenvalue weighted by Crippen LogP contribution is -2.46. The van der Waals surface area contributed by atoms with E-state index in [-0.39, 0.29) is 5.78 Å². The van der Waals surface area contributed by atoms with Crippen molar-refractivity contribution in [3.63, 3.8) is 0 Å². The molecule has 1 aliphatic rings. The molecule has 3 heterocycles. The number of halogens is 1. The Bertz CT molecular complexity index is 933. The number of thiophene rings is 1. The van der Waals surface area contributed by atoms with Gasteiger partial charge < -0.3 is 4.90 Å². The van der Waals surface area contributed by atoms with Crippen LogP contribution in [0.25, 0.3) is 0 Å². The van der Waals surface area contributed by atoms with E-state index in [1.807, 2.05) is 24.3 Å². The summed E-state index contributed by atoms with van der Waals surface area (Å²) in [4.78, 5) is 20.3. The number of aromatic nitrogens is 3. The van der Waals surface area contributed by atoms with Gasteiger partial charge in [-0.3, -0.25) is 9.69 Å². The number of hydrogen-bond acceptors (Lipinski definition) is 6. The lowest BCUT2D eigenvalue weighted by atomic mass is 10.1. The summed E-state index contributed by atoms with van der Waals surface area (Å²) >= 11 is 7.69. The summed E-state index contributed by atoms with van der Waals surface area (Å²) in [6.07, 6.45) is 2.53. The molecule has 6 nitrogen and oxygen atoms in total. The molecule has 1 fully saturated rings. The highest BCUT2D eigenvalue weighted by Crippen LogP contribution is 2.23. The summed E-state index contributed by atoms with van der Waals surface area (Å²) in [6, 6.07) is 13.3. The molecule has 29 heavy (non-hydrogen) atoms. The van der Waals surface area contributed by atoms with E-state index in [2.05, 4.69) is 26.1 Å². The lowest BCUT2D eigenvalue weighted by Gasteiger charge is -2.34. The van der Waals surface area contributed by atoms with Crippen molar-refractivity contribution < 1.29 is 4.79 Å². The second-order valence-electron chi connectivity index (χ2n) is 7.20. The van der Waals surface area contributed by atoms with Crippen LogP contribution >= 0.6 is 22.9 Å². The van der Waals surface area contributed by atoms with Crippen LogP contribution in [-0.4, -0.2) is 63.3 Å². The number of rotatable bonds is 8. The maximum absolute atomic E-state index is 12.4. The number of benzene rings is 1. The van der Waals surface area contributed by atoms with Crippen molar-refractivity contribution in [2.24, 2.45) is 0 Å². The van der Waals surface area contributed by atoms with Crippen molar-refractivity contribution in [1.29, 1.82) is 0 Å². The molecule has 0 N–H and O–H groups in total. The topological polar surface area (TPSA) is 54.3 Å². The second kappa shape index (κ2) is 9.63. The van der Waals surface area contributed by atoms with Gasteiger partial charge in [-0.05, 0) is 18.6 Å². The Labute approximate surface area is 179 Å². The Balaban J connectivity index is 1.18. The molecular weight excluding hydrogens is 406 g/mol. The smallest absolute Gasteiger partial charge is 0.214 e. The van der Waals surface area contributed by atoms with Gasteiger partial charge in [-0.1, -0.05) is 41.9 Å². The van der Waals surface area contributed by atoms with Gasteiger partial charge in [-0.25, -0.2) is 0 Å². The number of carbonyl (C=O) groups excluding carboxylic acids is 1. The molecule has 1 saturated heterocycles. The minimum atomic E-state index is -0.0833. The first-order valence-corrected chi connectivity index (χ1v) is 11.1. The molecule has 0 saturated carbocycles. The maximum atomic E-state index is 12.4. The van der Waals surface area contributed by atoms with Crippen molar-refractivity contribution in [3.05, 3.63) is 69.1 Å². The molecular formula is C21H24ClN5OS. The molecule has 152 valence electrons. The van der Waals surface area contributed by atoms with Gasteiger partial charge in [-0.2, -0.15) is 9.90 Å². The average Bonchev–Trinajstić information content (AvgIpc) is 3.38. The lowest BCUT2D eigenvalue weighted by molar-refractivity contribution is 0.103. The molecule has 1 aromatic carbocycles. The highest BCUT2D eigenvalue weighted by atomic mass is 35.5.